The van der Waals surface area contributed by atoms with E-state index in [1.54, 1.807) is 0 Å². The smallest absolute Gasteiger partial charge is 0.0289 e. The fraction of sp³-hybridized carbons (Fsp3) is 0.538. The van der Waals surface area contributed by atoms with E-state index in [1.807, 2.05) is 0 Å². The van der Waals surface area contributed by atoms with Crippen molar-refractivity contribution in [3.8, 4) is 0 Å². The molecule has 1 heterocycles. The van der Waals surface area contributed by atoms with Crippen LogP contribution in [0.5, 0.6) is 0 Å². The second-order valence-electron chi connectivity index (χ2n) is 4.46. The summed E-state index contributed by atoms with van der Waals surface area (Å²) in [6.07, 6.45) is 7.78. The van der Waals surface area contributed by atoms with Gasteiger partial charge in [-0.05, 0) is 33.1 Å². The normalized spacial score (nSPS) is 24.4. The lowest BCUT2D eigenvalue weighted by Crippen LogP contribution is -3.00. The zero-order valence-electron chi connectivity index (χ0n) is 9.72. The molecule has 1 N–H and O–H groups in total. The molecule has 1 aliphatic rings. The first kappa shape index (κ1) is 14.5. The van der Waals surface area contributed by atoms with Crippen molar-refractivity contribution >= 4 is 0 Å². The molecular weight excluding hydrogens is 206 g/mol. The van der Waals surface area contributed by atoms with E-state index in [4.69, 9.17) is 0 Å². The summed E-state index contributed by atoms with van der Waals surface area (Å²) in [5, 5.41) is 3.61. The largest absolute Gasteiger partial charge is 1.00 e. The number of rotatable bonds is 4. The van der Waals surface area contributed by atoms with Crippen molar-refractivity contribution in [1.82, 2.24) is 5.32 Å². The van der Waals surface area contributed by atoms with Gasteiger partial charge >= 0.3 is 0 Å². The molecule has 0 fully saturated rings. The van der Waals surface area contributed by atoms with Gasteiger partial charge in [-0.2, -0.15) is 0 Å². The molecule has 2 atom stereocenters. The summed E-state index contributed by atoms with van der Waals surface area (Å²) in [5.41, 5.74) is 2.50. The SMILES string of the molecule is C=C(C)C[C@@H]1CC=C[C@H](CC(=C)C)N1.[Cl-]. The molecule has 0 aromatic rings. The number of hydrogen-bond donors (Lipinski definition) is 1. The van der Waals surface area contributed by atoms with Gasteiger partial charge in [-0.1, -0.05) is 23.3 Å². The highest BCUT2D eigenvalue weighted by atomic mass is 35.5. The second kappa shape index (κ2) is 6.86. The van der Waals surface area contributed by atoms with Crippen LogP contribution in [0, 0.1) is 0 Å². The third kappa shape index (κ3) is 5.81. The van der Waals surface area contributed by atoms with Crippen LogP contribution in [0.3, 0.4) is 0 Å². The first-order valence-electron chi connectivity index (χ1n) is 5.29. The molecule has 0 saturated carbocycles. The molecule has 0 saturated heterocycles. The maximum Gasteiger partial charge on any atom is 0.0289 e. The Kier molecular flexibility index (Phi) is 6.62. The quantitative estimate of drug-likeness (QED) is 0.676. The van der Waals surface area contributed by atoms with Crippen molar-refractivity contribution in [2.75, 3.05) is 0 Å². The lowest BCUT2D eigenvalue weighted by Gasteiger charge is -2.27. The van der Waals surface area contributed by atoms with Crippen molar-refractivity contribution in [2.45, 2.75) is 45.2 Å². The fourth-order valence-electron chi connectivity index (χ4n) is 1.90. The molecule has 0 aliphatic carbocycles. The molecule has 1 rings (SSSR count). The summed E-state index contributed by atoms with van der Waals surface area (Å²) in [6, 6.07) is 1.05. The highest BCUT2D eigenvalue weighted by Crippen LogP contribution is 2.15. The Morgan fingerprint density at radius 2 is 1.87 bits per heavy atom. The van der Waals surface area contributed by atoms with Gasteiger partial charge in [-0.3, -0.25) is 0 Å². The van der Waals surface area contributed by atoms with Gasteiger partial charge in [0.05, 0.1) is 0 Å². The Morgan fingerprint density at radius 3 is 2.40 bits per heavy atom. The zero-order chi connectivity index (χ0) is 10.6. The summed E-state index contributed by atoms with van der Waals surface area (Å²) in [7, 11) is 0. The zero-order valence-corrected chi connectivity index (χ0v) is 10.5. The third-order valence-corrected chi connectivity index (χ3v) is 2.40. The standard InChI is InChI=1S/C13H21N.ClH/c1-10(2)8-12-6-5-7-13(14-12)9-11(3)4;/h5-6,12-14H,1,3,7-9H2,2,4H3;1H/p-1/t12-,13+;/m1./s1. The first-order chi connectivity index (χ1) is 6.58. The number of nitrogens with one attached hydrogen (secondary N) is 1. The highest BCUT2D eigenvalue weighted by molar-refractivity contribution is 5.09. The molecule has 0 amide bonds. The monoisotopic (exact) mass is 226 g/mol. The molecular formula is C13H21ClN-. The van der Waals surface area contributed by atoms with Gasteiger partial charge in [-0.15, -0.1) is 13.2 Å². The van der Waals surface area contributed by atoms with E-state index >= 15 is 0 Å². The second-order valence-corrected chi connectivity index (χ2v) is 4.46. The van der Waals surface area contributed by atoms with Gasteiger partial charge in [0.25, 0.3) is 0 Å². The van der Waals surface area contributed by atoms with E-state index in [1.165, 1.54) is 11.1 Å². The minimum Gasteiger partial charge on any atom is -1.00 e. The Labute approximate surface area is 99.7 Å². The maximum atomic E-state index is 3.95. The van der Waals surface area contributed by atoms with Crippen LogP contribution in [0.2, 0.25) is 0 Å². The molecule has 2 heteroatoms. The molecule has 0 unspecified atom stereocenters. The summed E-state index contributed by atoms with van der Waals surface area (Å²) >= 11 is 0. The predicted molar refractivity (Wildman–Crippen MR) is 63.3 cm³/mol. The molecule has 0 spiro atoms. The molecule has 0 radical (unpaired) electrons. The topological polar surface area (TPSA) is 12.0 Å². The van der Waals surface area contributed by atoms with Crippen LogP contribution in [-0.4, -0.2) is 12.1 Å². The van der Waals surface area contributed by atoms with Crippen molar-refractivity contribution in [1.29, 1.82) is 0 Å². The molecule has 0 aromatic carbocycles. The van der Waals surface area contributed by atoms with Crippen LogP contribution < -0.4 is 17.7 Å². The number of hydrogen-bond acceptors (Lipinski definition) is 1. The number of halogens is 1. The van der Waals surface area contributed by atoms with Crippen LogP contribution in [0.25, 0.3) is 0 Å². The molecule has 1 nitrogen and oxygen atoms in total. The summed E-state index contributed by atoms with van der Waals surface area (Å²) in [4.78, 5) is 0. The Morgan fingerprint density at radius 1 is 1.27 bits per heavy atom. The van der Waals surface area contributed by atoms with Crippen LogP contribution in [0.15, 0.2) is 36.5 Å². The van der Waals surface area contributed by atoms with Gasteiger partial charge in [0.15, 0.2) is 0 Å². The van der Waals surface area contributed by atoms with Crippen molar-refractivity contribution < 1.29 is 12.4 Å². The summed E-state index contributed by atoms with van der Waals surface area (Å²) in [5.74, 6) is 0. The average molecular weight is 227 g/mol. The van der Waals surface area contributed by atoms with Crippen LogP contribution in [0.1, 0.15) is 33.1 Å². The van der Waals surface area contributed by atoms with Gasteiger partial charge in [0.2, 0.25) is 0 Å². The molecule has 0 bridgehead atoms. The summed E-state index contributed by atoms with van der Waals surface area (Å²) in [6.45, 7) is 12.1. The van der Waals surface area contributed by atoms with Gasteiger partial charge < -0.3 is 17.7 Å². The van der Waals surface area contributed by atoms with Crippen LogP contribution in [0.4, 0.5) is 0 Å². The third-order valence-electron chi connectivity index (χ3n) is 2.40. The van der Waals surface area contributed by atoms with Gasteiger partial charge in [0, 0.05) is 12.1 Å². The Bertz CT molecular complexity index is 255. The fourth-order valence-corrected chi connectivity index (χ4v) is 1.90. The molecule has 1 aliphatic heterocycles. The van der Waals surface area contributed by atoms with Crippen LogP contribution in [-0.2, 0) is 0 Å². The molecule has 15 heavy (non-hydrogen) atoms. The van der Waals surface area contributed by atoms with E-state index < -0.39 is 0 Å². The van der Waals surface area contributed by atoms with E-state index in [2.05, 4.69) is 44.5 Å². The summed E-state index contributed by atoms with van der Waals surface area (Å²) < 4.78 is 0. The van der Waals surface area contributed by atoms with Crippen molar-refractivity contribution in [3.05, 3.63) is 36.5 Å². The Balaban J connectivity index is 0.00000196. The van der Waals surface area contributed by atoms with E-state index in [0.717, 1.165) is 19.3 Å². The highest BCUT2D eigenvalue weighted by Gasteiger charge is 2.16. The van der Waals surface area contributed by atoms with E-state index in [9.17, 15) is 0 Å². The lowest BCUT2D eigenvalue weighted by atomic mass is 9.97. The first-order valence-corrected chi connectivity index (χ1v) is 5.29. The Hall–Kier alpha value is -0.530. The lowest BCUT2D eigenvalue weighted by molar-refractivity contribution is -0.00000341. The van der Waals surface area contributed by atoms with Crippen LogP contribution >= 0.6 is 0 Å². The maximum absolute atomic E-state index is 3.95. The minimum atomic E-state index is 0. The van der Waals surface area contributed by atoms with Gasteiger partial charge in [-0.25, -0.2) is 0 Å². The predicted octanol–water partition coefficient (Wildman–Crippen LogP) is 0.210. The van der Waals surface area contributed by atoms with Gasteiger partial charge in [0.1, 0.15) is 0 Å². The van der Waals surface area contributed by atoms with Crippen molar-refractivity contribution in [3.63, 3.8) is 0 Å². The average Bonchev–Trinajstić information content (AvgIpc) is 2.01. The minimum absolute atomic E-state index is 0. The van der Waals surface area contributed by atoms with Crippen molar-refractivity contribution in [2.24, 2.45) is 0 Å². The van der Waals surface area contributed by atoms with E-state index in [0.29, 0.717) is 12.1 Å². The molecule has 86 valence electrons. The molecule has 0 aromatic heterocycles. The van der Waals surface area contributed by atoms with E-state index in [-0.39, 0.29) is 12.4 Å².